The Bertz CT molecular complexity index is 504. The van der Waals surface area contributed by atoms with E-state index < -0.39 is 42.6 Å². The van der Waals surface area contributed by atoms with Crippen molar-refractivity contribution in [3.05, 3.63) is 33.5 Å². The molecule has 0 aromatic carbocycles. The molecule has 0 radical (unpaired) electrons. The lowest BCUT2D eigenvalue weighted by atomic mass is 10.0. The Morgan fingerprint density at radius 3 is 2.78 bits per heavy atom. The average molecular weight is 261 g/mol. The largest absolute Gasteiger partial charge is 0.394 e. The van der Waals surface area contributed by atoms with Gasteiger partial charge < -0.3 is 14.9 Å². The fraction of sp³-hybridized carbons (Fsp3) is 0.545. The Morgan fingerprint density at radius 2 is 2.22 bits per heavy atom. The Morgan fingerprint density at radius 1 is 1.56 bits per heavy atom. The van der Waals surface area contributed by atoms with E-state index in [4.69, 9.17) is 9.84 Å². The molecule has 0 bridgehead atoms. The highest BCUT2D eigenvalue weighted by Gasteiger charge is 2.45. The minimum absolute atomic E-state index is 0.172. The molecule has 0 aliphatic carbocycles. The smallest absolute Gasteiger partial charge is 0.253 e. The zero-order valence-electron chi connectivity index (χ0n) is 9.56. The highest BCUT2D eigenvalue weighted by molar-refractivity contribution is 5.23. The lowest BCUT2D eigenvalue weighted by Gasteiger charge is -2.14. The first kappa shape index (κ1) is 13.1. The highest BCUT2D eigenvalue weighted by Crippen LogP contribution is 2.36. The van der Waals surface area contributed by atoms with Crippen molar-refractivity contribution in [1.82, 2.24) is 4.98 Å². The van der Waals surface area contributed by atoms with Crippen molar-refractivity contribution >= 4 is 0 Å². The molecule has 2 heterocycles. The molecule has 2 rings (SSSR count). The van der Waals surface area contributed by atoms with Crippen LogP contribution >= 0.6 is 0 Å². The number of aromatic nitrogens is 1. The van der Waals surface area contributed by atoms with Crippen LogP contribution in [0, 0.1) is 12.9 Å². The predicted octanol–water partition coefficient (Wildman–Crippen LogP) is -0.0464. The Hall–Kier alpha value is -1.31. The van der Waals surface area contributed by atoms with Gasteiger partial charge in [-0.05, 0) is 13.0 Å². The molecule has 7 heteroatoms. The van der Waals surface area contributed by atoms with Crippen LogP contribution in [-0.4, -0.2) is 40.2 Å². The number of hydrogen-bond acceptors (Lipinski definition) is 4. The van der Waals surface area contributed by atoms with Gasteiger partial charge in [-0.3, -0.25) is 9.78 Å². The second kappa shape index (κ2) is 4.75. The summed E-state index contributed by atoms with van der Waals surface area (Å²) >= 11 is 0. The standard InChI is InChI=1S/C11H13F2NO4/c1-4-2-5(10(13)14-11(4)17)9-7(12)8(16)6(3-15)18-9/h2,6-9,15-16H,3H2,1H3,(H,14,17)/t6-,7+,8?,9+/m1/s1. The van der Waals surface area contributed by atoms with E-state index in [1.54, 1.807) is 0 Å². The van der Waals surface area contributed by atoms with Gasteiger partial charge in [-0.15, -0.1) is 0 Å². The van der Waals surface area contributed by atoms with E-state index in [-0.39, 0.29) is 11.1 Å². The monoisotopic (exact) mass is 261 g/mol. The summed E-state index contributed by atoms with van der Waals surface area (Å²) in [6, 6.07) is 1.18. The Labute approximate surface area is 101 Å². The summed E-state index contributed by atoms with van der Waals surface area (Å²) in [5, 5.41) is 18.3. The maximum absolute atomic E-state index is 13.8. The van der Waals surface area contributed by atoms with E-state index >= 15 is 0 Å². The molecule has 0 amide bonds. The van der Waals surface area contributed by atoms with Gasteiger partial charge in [0.1, 0.15) is 18.3 Å². The summed E-state index contributed by atoms with van der Waals surface area (Å²) in [5.74, 6) is -0.996. The number of H-pyrrole nitrogens is 1. The summed E-state index contributed by atoms with van der Waals surface area (Å²) in [7, 11) is 0. The highest BCUT2D eigenvalue weighted by atomic mass is 19.1. The number of halogens is 2. The number of aliphatic hydroxyl groups excluding tert-OH is 2. The van der Waals surface area contributed by atoms with Gasteiger partial charge in [-0.2, -0.15) is 4.39 Å². The van der Waals surface area contributed by atoms with E-state index in [0.717, 1.165) is 0 Å². The SMILES string of the molecule is Cc1cc([C@@H]2O[C@H](CO)C(O)[C@@H]2F)c(F)[nH]c1=O. The molecule has 4 atom stereocenters. The van der Waals surface area contributed by atoms with Crippen LogP contribution in [-0.2, 0) is 4.74 Å². The number of alkyl halides is 1. The van der Waals surface area contributed by atoms with Crippen LogP contribution < -0.4 is 5.56 Å². The van der Waals surface area contributed by atoms with E-state index in [2.05, 4.69) is 0 Å². The molecule has 1 unspecified atom stereocenters. The van der Waals surface area contributed by atoms with Crippen LogP contribution in [0.5, 0.6) is 0 Å². The maximum Gasteiger partial charge on any atom is 0.253 e. The Balaban J connectivity index is 2.38. The van der Waals surface area contributed by atoms with Crippen LogP contribution in [0.2, 0.25) is 0 Å². The summed E-state index contributed by atoms with van der Waals surface area (Å²) in [4.78, 5) is 13.1. The molecule has 3 N–H and O–H groups in total. The zero-order chi connectivity index (χ0) is 13.4. The van der Waals surface area contributed by atoms with Crippen LogP contribution in [0.1, 0.15) is 17.2 Å². The van der Waals surface area contributed by atoms with Crippen molar-refractivity contribution in [2.75, 3.05) is 6.61 Å². The third kappa shape index (κ3) is 2.05. The van der Waals surface area contributed by atoms with E-state index in [1.165, 1.54) is 13.0 Å². The number of nitrogens with one attached hydrogen (secondary N) is 1. The van der Waals surface area contributed by atoms with Crippen LogP contribution in [0.15, 0.2) is 10.9 Å². The van der Waals surface area contributed by atoms with Crippen molar-refractivity contribution in [1.29, 1.82) is 0 Å². The number of pyridine rings is 1. The van der Waals surface area contributed by atoms with Gasteiger partial charge >= 0.3 is 0 Å². The second-order valence-electron chi connectivity index (χ2n) is 4.26. The molecule has 0 saturated carbocycles. The molecule has 1 saturated heterocycles. The van der Waals surface area contributed by atoms with Crippen LogP contribution in [0.3, 0.4) is 0 Å². The Kier molecular flexibility index (Phi) is 3.47. The molecular weight excluding hydrogens is 248 g/mol. The van der Waals surface area contributed by atoms with Gasteiger partial charge in [0.2, 0.25) is 0 Å². The van der Waals surface area contributed by atoms with Crippen LogP contribution in [0.4, 0.5) is 8.78 Å². The normalized spacial score (nSPS) is 31.8. The average Bonchev–Trinajstić information content (AvgIpc) is 2.61. The fourth-order valence-corrected chi connectivity index (χ4v) is 1.96. The van der Waals surface area contributed by atoms with Gasteiger partial charge in [0.05, 0.1) is 6.61 Å². The molecule has 1 aliphatic rings. The van der Waals surface area contributed by atoms with Crippen molar-refractivity contribution in [2.45, 2.75) is 31.4 Å². The minimum Gasteiger partial charge on any atom is -0.394 e. The quantitative estimate of drug-likeness (QED) is 0.652. The number of aromatic amines is 1. The molecule has 100 valence electrons. The van der Waals surface area contributed by atoms with Crippen molar-refractivity contribution in [3.8, 4) is 0 Å². The molecule has 0 spiro atoms. The second-order valence-corrected chi connectivity index (χ2v) is 4.26. The van der Waals surface area contributed by atoms with Crippen molar-refractivity contribution in [3.63, 3.8) is 0 Å². The molecule has 1 aliphatic heterocycles. The van der Waals surface area contributed by atoms with Gasteiger partial charge in [0.15, 0.2) is 12.1 Å². The number of hydrogen-bond donors (Lipinski definition) is 3. The molecule has 18 heavy (non-hydrogen) atoms. The third-order valence-corrected chi connectivity index (χ3v) is 3.01. The first-order valence-corrected chi connectivity index (χ1v) is 5.43. The number of ether oxygens (including phenoxy) is 1. The van der Waals surface area contributed by atoms with Gasteiger partial charge in [-0.1, -0.05) is 0 Å². The lowest BCUT2D eigenvalue weighted by molar-refractivity contribution is -0.0236. The van der Waals surface area contributed by atoms with Gasteiger partial charge in [0.25, 0.3) is 5.56 Å². The minimum atomic E-state index is -1.86. The van der Waals surface area contributed by atoms with E-state index in [9.17, 15) is 18.7 Å². The van der Waals surface area contributed by atoms with Gasteiger partial charge in [0, 0.05) is 11.1 Å². The van der Waals surface area contributed by atoms with Crippen molar-refractivity contribution < 1.29 is 23.7 Å². The molecule has 5 nitrogen and oxygen atoms in total. The maximum atomic E-state index is 13.8. The number of aliphatic hydroxyl groups is 2. The molecule has 1 aromatic heterocycles. The molecule has 1 fully saturated rings. The first-order valence-electron chi connectivity index (χ1n) is 5.43. The molecular formula is C11H13F2NO4. The van der Waals surface area contributed by atoms with E-state index in [0.29, 0.717) is 0 Å². The first-order chi connectivity index (χ1) is 8.45. The lowest BCUT2D eigenvalue weighted by Crippen LogP contribution is -2.30. The summed E-state index contributed by atoms with van der Waals surface area (Å²) in [6.45, 7) is 0.881. The third-order valence-electron chi connectivity index (χ3n) is 3.01. The zero-order valence-corrected chi connectivity index (χ0v) is 9.56. The number of aryl methyl sites for hydroxylation is 1. The fourth-order valence-electron chi connectivity index (χ4n) is 1.96. The van der Waals surface area contributed by atoms with Crippen molar-refractivity contribution in [2.24, 2.45) is 0 Å². The van der Waals surface area contributed by atoms with Gasteiger partial charge in [-0.25, -0.2) is 4.39 Å². The predicted molar refractivity (Wildman–Crippen MR) is 57.4 cm³/mol. The summed E-state index contributed by atoms with van der Waals surface area (Å²) < 4.78 is 32.4. The summed E-state index contributed by atoms with van der Waals surface area (Å²) in [6.07, 6.45) is -5.82. The summed E-state index contributed by atoms with van der Waals surface area (Å²) in [5.41, 5.74) is -0.567. The molecule has 1 aromatic rings. The van der Waals surface area contributed by atoms with Crippen LogP contribution in [0.25, 0.3) is 0 Å². The van der Waals surface area contributed by atoms with E-state index in [1.807, 2.05) is 4.98 Å². The topological polar surface area (TPSA) is 82.5 Å². The number of rotatable bonds is 2.